The number of hydrogen-bond acceptors (Lipinski definition) is 3. The first-order valence-corrected chi connectivity index (χ1v) is 9.32. The fourth-order valence-corrected chi connectivity index (χ4v) is 3.25. The van der Waals surface area contributed by atoms with Gasteiger partial charge in [0.1, 0.15) is 5.54 Å². The quantitative estimate of drug-likeness (QED) is 0.753. The van der Waals surface area contributed by atoms with Crippen LogP contribution in [0.15, 0.2) is 24.3 Å². The van der Waals surface area contributed by atoms with Crippen molar-refractivity contribution in [2.24, 2.45) is 11.8 Å². The number of carbonyl (C=O) groups is 1. The van der Waals surface area contributed by atoms with Crippen LogP contribution in [-0.4, -0.2) is 18.0 Å². The molecule has 0 aromatic heterocycles. The summed E-state index contributed by atoms with van der Waals surface area (Å²) >= 11 is 0. The molecule has 2 rings (SSSR count). The molecule has 2 atom stereocenters. The van der Waals surface area contributed by atoms with Crippen molar-refractivity contribution in [2.75, 3.05) is 6.54 Å². The molecule has 1 aliphatic carbocycles. The first-order valence-electron chi connectivity index (χ1n) is 9.32. The summed E-state index contributed by atoms with van der Waals surface area (Å²) < 4.78 is 0. The molecule has 1 aromatic carbocycles. The van der Waals surface area contributed by atoms with E-state index in [2.05, 4.69) is 68.7 Å². The summed E-state index contributed by atoms with van der Waals surface area (Å²) in [5.41, 5.74) is 1.78. The largest absolute Gasteiger partial charge is 0.337 e. The van der Waals surface area contributed by atoms with Gasteiger partial charge in [-0.1, -0.05) is 52.0 Å². The van der Waals surface area contributed by atoms with E-state index in [0.29, 0.717) is 17.8 Å². The van der Waals surface area contributed by atoms with E-state index in [1.54, 1.807) is 0 Å². The molecule has 1 amide bonds. The Kier molecular flexibility index (Phi) is 6.24. The Morgan fingerprint density at radius 2 is 1.76 bits per heavy atom. The van der Waals surface area contributed by atoms with E-state index < -0.39 is 5.54 Å². The van der Waals surface area contributed by atoms with Gasteiger partial charge in [-0.3, -0.25) is 4.79 Å². The van der Waals surface area contributed by atoms with E-state index in [0.717, 1.165) is 12.8 Å². The number of nitrogens with zero attached hydrogens (tertiary/aromatic N) is 1. The van der Waals surface area contributed by atoms with Crippen molar-refractivity contribution in [3.63, 3.8) is 0 Å². The maximum Gasteiger partial charge on any atom is 0.235 e. The normalized spacial score (nSPS) is 17.8. The molecule has 0 saturated heterocycles. The number of nitrogens with one attached hydrogen (secondary N) is 2. The molecule has 25 heavy (non-hydrogen) atoms. The van der Waals surface area contributed by atoms with Gasteiger partial charge in [0.05, 0.1) is 12.6 Å². The van der Waals surface area contributed by atoms with Crippen LogP contribution in [0, 0.1) is 23.2 Å². The maximum atomic E-state index is 12.3. The second-order valence-corrected chi connectivity index (χ2v) is 8.06. The lowest BCUT2D eigenvalue weighted by Gasteiger charge is -2.26. The van der Waals surface area contributed by atoms with Crippen molar-refractivity contribution < 1.29 is 4.79 Å². The standard InChI is InChI=1S/C21H31N3O/c1-14(2)16-6-8-17(9-7-16)20(15(3)4)23-12-19(25)24-21(5,13-22)18-10-11-18/h6-9,14-15,18,20,23H,10-12H2,1-5H3,(H,24,25)/t20-,21-/m0/s1. The van der Waals surface area contributed by atoms with Gasteiger partial charge in [-0.25, -0.2) is 0 Å². The average Bonchev–Trinajstić information content (AvgIpc) is 3.40. The van der Waals surface area contributed by atoms with Crippen LogP contribution in [-0.2, 0) is 4.79 Å². The zero-order chi connectivity index (χ0) is 18.6. The second-order valence-electron chi connectivity index (χ2n) is 8.06. The van der Waals surface area contributed by atoms with Gasteiger partial charge in [0, 0.05) is 6.04 Å². The van der Waals surface area contributed by atoms with Crippen LogP contribution in [0.1, 0.15) is 70.5 Å². The van der Waals surface area contributed by atoms with E-state index in [-0.39, 0.29) is 18.5 Å². The first kappa shape index (κ1) is 19.5. The Morgan fingerprint density at radius 3 is 2.20 bits per heavy atom. The molecule has 2 N–H and O–H groups in total. The maximum absolute atomic E-state index is 12.3. The lowest BCUT2D eigenvalue weighted by atomic mass is 9.93. The van der Waals surface area contributed by atoms with Crippen LogP contribution in [0.4, 0.5) is 0 Å². The average molecular weight is 341 g/mol. The molecule has 4 heteroatoms. The Balaban J connectivity index is 1.97. The molecule has 0 unspecified atom stereocenters. The summed E-state index contributed by atoms with van der Waals surface area (Å²) in [4.78, 5) is 12.3. The van der Waals surface area contributed by atoms with Gasteiger partial charge in [0.25, 0.3) is 0 Å². The summed E-state index contributed by atoms with van der Waals surface area (Å²) in [7, 11) is 0. The predicted octanol–water partition coefficient (Wildman–Crippen LogP) is 3.91. The highest BCUT2D eigenvalue weighted by atomic mass is 16.2. The molecular weight excluding hydrogens is 310 g/mol. The summed E-state index contributed by atoms with van der Waals surface area (Å²) in [5, 5.41) is 15.7. The van der Waals surface area contributed by atoms with Crippen LogP contribution in [0.25, 0.3) is 0 Å². The van der Waals surface area contributed by atoms with Crippen molar-refractivity contribution in [3.8, 4) is 6.07 Å². The van der Waals surface area contributed by atoms with Gasteiger partial charge in [-0.2, -0.15) is 5.26 Å². The summed E-state index contributed by atoms with van der Waals surface area (Å²) in [5.74, 6) is 1.06. The lowest BCUT2D eigenvalue weighted by molar-refractivity contribution is -0.121. The number of hydrogen-bond donors (Lipinski definition) is 2. The minimum absolute atomic E-state index is 0.111. The third-order valence-corrected chi connectivity index (χ3v) is 5.14. The number of carbonyl (C=O) groups excluding carboxylic acids is 1. The summed E-state index contributed by atoms with van der Waals surface area (Å²) in [6.07, 6.45) is 2.04. The second kappa shape index (κ2) is 8.01. The summed E-state index contributed by atoms with van der Waals surface area (Å²) in [6, 6.07) is 11.0. The first-order chi connectivity index (χ1) is 11.8. The van der Waals surface area contributed by atoms with Gasteiger partial charge in [0.2, 0.25) is 5.91 Å². The molecule has 0 heterocycles. The molecule has 0 aliphatic heterocycles. The third-order valence-electron chi connectivity index (χ3n) is 5.14. The van der Waals surface area contributed by atoms with Crippen molar-refractivity contribution in [1.29, 1.82) is 5.26 Å². The SMILES string of the molecule is CC(C)c1ccc([C@@H](NCC(=O)N[C@@](C)(C#N)C2CC2)C(C)C)cc1. The van der Waals surface area contributed by atoms with Gasteiger partial charge in [-0.15, -0.1) is 0 Å². The Bertz CT molecular complexity index is 626. The monoisotopic (exact) mass is 341 g/mol. The highest BCUT2D eigenvalue weighted by Crippen LogP contribution is 2.39. The van der Waals surface area contributed by atoms with Crippen LogP contribution in [0.3, 0.4) is 0 Å². The fourth-order valence-electron chi connectivity index (χ4n) is 3.25. The molecule has 136 valence electrons. The Hall–Kier alpha value is -1.86. The number of rotatable bonds is 8. The number of benzene rings is 1. The minimum Gasteiger partial charge on any atom is -0.337 e. The molecule has 4 nitrogen and oxygen atoms in total. The molecule has 1 fully saturated rings. The topological polar surface area (TPSA) is 64.9 Å². The Labute approximate surface area is 152 Å². The van der Waals surface area contributed by atoms with Crippen LogP contribution >= 0.6 is 0 Å². The van der Waals surface area contributed by atoms with E-state index in [4.69, 9.17) is 0 Å². The third kappa shape index (κ3) is 5.06. The van der Waals surface area contributed by atoms with E-state index in [9.17, 15) is 10.1 Å². The van der Waals surface area contributed by atoms with Crippen LogP contribution < -0.4 is 10.6 Å². The minimum atomic E-state index is -0.731. The van der Waals surface area contributed by atoms with E-state index in [1.807, 2.05) is 6.92 Å². The molecule has 0 radical (unpaired) electrons. The van der Waals surface area contributed by atoms with E-state index in [1.165, 1.54) is 11.1 Å². The van der Waals surface area contributed by atoms with Crippen molar-refractivity contribution >= 4 is 5.91 Å². The molecular formula is C21H31N3O. The zero-order valence-electron chi connectivity index (χ0n) is 16.1. The van der Waals surface area contributed by atoms with Gasteiger partial charge < -0.3 is 10.6 Å². The predicted molar refractivity (Wildman–Crippen MR) is 101 cm³/mol. The highest BCUT2D eigenvalue weighted by Gasteiger charge is 2.42. The van der Waals surface area contributed by atoms with Gasteiger partial charge >= 0.3 is 0 Å². The highest BCUT2D eigenvalue weighted by molar-refractivity contribution is 5.79. The molecule has 0 spiro atoms. The van der Waals surface area contributed by atoms with Crippen LogP contribution in [0.5, 0.6) is 0 Å². The molecule has 0 bridgehead atoms. The molecule has 1 aliphatic rings. The lowest BCUT2D eigenvalue weighted by Crippen LogP contribution is -2.50. The van der Waals surface area contributed by atoms with Crippen molar-refractivity contribution in [1.82, 2.24) is 10.6 Å². The molecule has 1 saturated carbocycles. The number of nitriles is 1. The van der Waals surface area contributed by atoms with Gasteiger partial charge in [0.15, 0.2) is 0 Å². The van der Waals surface area contributed by atoms with Crippen molar-refractivity contribution in [2.45, 2.75) is 65.0 Å². The van der Waals surface area contributed by atoms with Crippen molar-refractivity contribution in [3.05, 3.63) is 35.4 Å². The van der Waals surface area contributed by atoms with Crippen LogP contribution in [0.2, 0.25) is 0 Å². The zero-order valence-corrected chi connectivity index (χ0v) is 16.1. The number of amides is 1. The smallest absolute Gasteiger partial charge is 0.235 e. The van der Waals surface area contributed by atoms with E-state index >= 15 is 0 Å². The Morgan fingerprint density at radius 1 is 1.20 bits per heavy atom. The molecule has 1 aromatic rings. The summed E-state index contributed by atoms with van der Waals surface area (Å²) in [6.45, 7) is 10.7. The fraction of sp³-hybridized carbons (Fsp3) is 0.619. The van der Waals surface area contributed by atoms with Gasteiger partial charge in [-0.05, 0) is 48.6 Å².